The number of carbonyl (C=O) groups excluding carboxylic acids is 2. The molecule has 1 fully saturated rings. The summed E-state index contributed by atoms with van der Waals surface area (Å²) in [6, 6.07) is 7.31. The number of hydrogen-bond donors (Lipinski definition) is 2. The number of hydrazine groups is 1. The van der Waals surface area contributed by atoms with E-state index in [1.54, 1.807) is 18.2 Å². The zero-order chi connectivity index (χ0) is 20.4. The molecule has 4 rings (SSSR count). The Bertz CT molecular complexity index is 928. The van der Waals surface area contributed by atoms with E-state index in [2.05, 4.69) is 15.4 Å². The van der Waals surface area contributed by atoms with Crippen molar-refractivity contribution in [3.05, 3.63) is 46.8 Å². The predicted molar refractivity (Wildman–Crippen MR) is 108 cm³/mol. The summed E-state index contributed by atoms with van der Waals surface area (Å²) in [5, 5.41) is 0. The van der Waals surface area contributed by atoms with Gasteiger partial charge >= 0.3 is 0 Å². The maximum Gasteiger partial charge on any atom is 0.271 e. The van der Waals surface area contributed by atoms with E-state index in [9.17, 15) is 9.59 Å². The van der Waals surface area contributed by atoms with Crippen molar-refractivity contribution in [2.24, 2.45) is 0 Å². The molecule has 0 radical (unpaired) electrons. The monoisotopic (exact) mass is 397 g/mol. The van der Waals surface area contributed by atoms with Gasteiger partial charge < -0.3 is 14.0 Å². The molecular weight excluding hydrogens is 370 g/mol. The fourth-order valence-corrected chi connectivity index (χ4v) is 4.35. The number of fused-ring (bicyclic) bond motifs is 1. The number of nitrogens with one attached hydrogen (secondary N) is 2. The van der Waals surface area contributed by atoms with Crippen molar-refractivity contribution >= 4 is 11.8 Å². The Morgan fingerprint density at radius 2 is 1.62 bits per heavy atom. The highest BCUT2D eigenvalue weighted by molar-refractivity contribution is 6.00. The molecule has 1 aromatic heterocycles. The Hall–Kier alpha value is -2.96. The Kier molecular flexibility index (Phi) is 5.47. The minimum Gasteiger partial charge on any atom is -0.486 e. The number of ether oxygens (including phenoxy) is 2. The predicted octanol–water partition coefficient (Wildman–Crippen LogP) is 3.46. The van der Waals surface area contributed by atoms with Crippen LogP contribution < -0.4 is 20.3 Å². The van der Waals surface area contributed by atoms with Gasteiger partial charge in [-0.3, -0.25) is 20.4 Å². The van der Waals surface area contributed by atoms with Crippen molar-refractivity contribution in [1.29, 1.82) is 0 Å². The Labute approximate surface area is 170 Å². The van der Waals surface area contributed by atoms with Gasteiger partial charge in [-0.2, -0.15) is 0 Å². The highest BCUT2D eigenvalue weighted by atomic mass is 16.6. The van der Waals surface area contributed by atoms with Gasteiger partial charge in [-0.05, 0) is 51.0 Å². The average Bonchev–Trinajstić information content (AvgIpc) is 3.06. The average molecular weight is 397 g/mol. The number of hydrogen-bond acceptors (Lipinski definition) is 4. The van der Waals surface area contributed by atoms with Crippen molar-refractivity contribution in [1.82, 2.24) is 15.4 Å². The van der Waals surface area contributed by atoms with E-state index in [1.165, 1.54) is 19.3 Å². The Balaban J connectivity index is 1.42. The Morgan fingerprint density at radius 3 is 2.38 bits per heavy atom. The third-order valence-electron chi connectivity index (χ3n) is 5.76. The van der Waals surface area contributed by atoms with Gasteiger partial charge in [-0.15, -0.1) is 0 Å². The molecule has 0 unspecified atom stereocenters. The molecule has 2 heterocycles. The molecule has 2 aliphatic rings. The topological polar surface area (TPSA) is 81.6 Å². The molecule has 1 saturated carbocycles. The van der Waals surface area contributed by atoms with Crippen LogP contribution in [0.1, 0.15) is 70.2 Å². The summed E-state index contributed by atoms with van der Waals surface area (Å²) in [4.78, 5) is 25.1. The van der Waals surface area contributed by atoms with Crippen LogP contribution in [0.15, 0.2) is 24.3 Å². The van der Waals surface area contributed by atoms with E-state index < -0.39 is 5.91 Å². The minimum atomic E-state index is -0.406. The number of carbonyl (C=O) groups is 2. The largest absolute Gasteiger partial charge is 0.486 e. The first-order valence-corrected chi connectivity index (χ1v) is 10.2. The normalized spacial score (nSPS) is 16.3. The molecule has 0 bridgehead atoms. The lowest BCUT2D eigenvalue weighted by molar-refractivity contribution is 0.0845. The van der Waals surface area contributed by atoms with E-state index >= 15 is 0 Å². The van der Waals surface area contributed by atoms with Gasteiger partial charge in [0.25, 0.3) is 11.8 Å². The molecule has 7 nitrogen and oxygen atoms in total. The van der Waals surface area contributed by atoms with E-state index in [0.29, 0.717) is 41.9 Å². The quantitative estimate of drug-likeness (QED) is 0.777. The Morgan fingerprint density at radius 1 is 0.931 bits per heavy atom. The highest BCUT2D eigenvalue weighted by Gasteiger charge is 2.23. The van der Waals surface area contributed by atoms with Crippen LogP contribution in [0.4, 0.5) is 0 Å². The number of amides is 2. The van der Waals surface area contributed by atoms with Crippen LogP contribution in [0.25, 0.3) is 0 Å². The molecule has 1 aliphatic heterocycles. The van der Waals surface area contributed by atoms with Crippen molar-refractivity contribution in [3.63, 3.8) is 0 Å². The third kappa shape index (κ3) is 3.95. The standard InChI is InChI=1S/C22H27N3O4/c1-14-12-18(15(2)25(14)17-6-4-3-5-7-17)22(27)24-23-21(26)16-8-9-19-20(13-16)29-11-10-28-19/h8-9,12-13,17H,3-7,10-11H2,1-2H3,(H,23,26)(H,24,27). The van der Waals surface area contributed by atoms with Crippen LogP contribution in [0.5, 0.6) is 11.5 Å². The first-order chi connectivity index (χ1) is 14.0. The molecule has 154 valence electrons. The molecule has 2 aromatic rings. The van der Waals surface area contributed by atoms with Gasteiger partial charge in [-0.25, -0.2) is 0 Å². The van der Waals surface area contributed by atoms with Crippen LogP contribution in [-0.4, -0.2) is 29.6 Å². The van der Waals surface area contributed by atoms with Crippen LogP contribution in [0.3, 0.4) is 0 Å². The first-order valence-electron chi connectivity index (χ1n) is 10.2. The lowest BCUT2D eigenvalue weighted by Crippen LogP contribution is -2.41. The smallest absolute Gasteiger partial charge is 0.271 e. The van der Waals surface area contributed by atoms with Gasteiger partial charge in [-0.1, -0.05) is 19.3 Å². The molecule has 1 aromatic carbocycles. The van der Waals surface area contributed by atoms with Crippen LogP contribution in [-0.2, 0) is 0 Å². The van der Waals surface area contributed by atoms with E-state index in [1.807, 2.05) is 19.9 Å². The zero-order valence-electron chi connectivity index (χ0n) is 16.9. The van der Waals surface area contributed by atoms with E-state index in [0.717, 1.165) is 24.2 Å². The first kappa shape index (κ1) is 19.4. The van der Waals surface area contributed by atoms with Crippen molar-refractivity contribution in [2.75, 3.05) is 13.2 Å². The van der Waals surface area contributed by atoms with Crippen LogP contribution in [0, 0.1) is 13.8 Å². The summed E-state index contributed by atoms with van der Waals surface area (Å²) in [5.41, 5.74) is 8.04. The van der Waals surface area contributed by atoms with E-state index in [-0.39, 0.29) is 5.91 Å². The van der Waals surface area contributed by atoms with E-state index in [4.69, 9.17) is 9.47 Å². The van der Waals surface area contributed by atoms with Crippen LogP contribution >= 0.6 is 0 Å². The molecule has 2 amide bonds. The summed E-state index contributed by atoms with van der Waals surface area (Å²) < 4.78 is 13.2. The zero-order valence-corrected chi connectivity index (χ0v) is 16.9. The molecule has 2 N–H and O–H groups in total. The van der Waals surface area contributed by atoms with Crippen LogP contribution in [0.2, 0.25) is 0 Å². The second-order valence-electron chi connectivity index (χ2n) is 7.71. The molecular formula is C22H27N3O4. The summed E-state index contributed by atoms with van der Waals surface area (Å²) in [6.07, 6.45) is 6.05. The lowest BCUT2D eigenvalue weighted by atomic mass is 9.95. The summed E-state index contributed by atoms with van der Waals surface area (Å²) in [7, 11) is 0. The molecule has 7 heteroatoms. The molecule has 0 saturated heterocycles. The second kappa shape index (κ2) is 8.19. The molecule has 0 atom stereocenters. The fourth-order valence-electron chi connectivity index (χ4n) is 4.35. The van der Waals surface area contributed by atoms with Crippen molar-refractivity contribution < 1.29 is 19.1 Å². The molecule has 0 spiro atoms. The van der Waals surface area contributed by atoms with Gasteiger partial charge in [0.1, 0.15) is 13.2 Å². The van der Waals surface area contributed by atoms with Gasteiger partial charge in [0.15, 0.2) is 11.5 Å². The second-order valence-corrected chi connectivity index (χ2v) is 7.71. The van der Waals surface area contributed by atoms with Crippen molar-refractivity contribution in [2.45, 2.75) is 52.0 Å². The molecule has 1 aliphatic carbocycles. The lowest BCUT2D eigenvalue weighted by Gasteiger charge is -2.26. The third-order valence-corrected chi connectivity index (χ3v) is 5.76. The maximum absolute atomic E-state index is 12.7. The number of rotatable bonds is 3. The van der Waals surface area contributed by atoms with Crippen molar-refractivity contribution in [3.8, 4) is 11.5 Å². The number of nitrogens with zero attached hydrogens (tertiary/aromatic N) is 1. The summed E-state index contributed by atoms with van der Waals surface area (Å²) in [6.45, 7) is 4.95. The SMILES string of the molecule is Cc1cc(C(=O)NNC(=O)c2ccc3c(c2)OCCO3)c(C)n1C1CCCCC1. The number of aryl methyl sites for hydroxylation is 1. The summed E-state index contributed by atoms with van der Waals surface area (Å²) in [5.74, 6) is 0.431. The highest BCUT2D eigenvalue weighted by Crippen LogP contribution is 2.32. The van der Waals surface area contributed by atoms with Gasteiger partial charge in [0.05, 0.1) is 5.56 Å². The molecule has 29 heavy (non-hydrogen) atoms. The summed E-state index contributed by atoms with van der Waals surface area (Å²) >= 11 is 0. The van der Waals surface area contributed by atoms with Gasteiger partial charge in [0.2, 0.25) is 0 Å². The van der Waals surface area contributed by atoms with Gasteiger partial charge in [0, 0.05) is 23.0 Å². The minimum absolute atomic E-state index is 0.314. The fraction of sp³-hybridized carbons (Fsp3) is 0.455. The number of benzene rings is 1. The number of aromatic nitrogens is 1. The maximum atomic E-state index is 12.7.